The van der Waals surface area contributed by atoms with Crippen LogP contribution in [0, 0.1) is 40.9 Å². The molecule has 4 saturated carbocycles. The number of nitrogens with zero attached hydrogens (tertiary/aromatic N) is 1. The quantitative estimate of drug-likeness (QED) is 0.583. The molecule has 4 aliphatic carbocycles. The van der Waals surface area contributed by atoms with Crippen LogP contribution in [0.4, 0.5) is 0 Å². The van der Waals surface area contributed by atoms with Crippen LogP contribution in [0.2, 0.25) is 0 Å². The molecule has 6 rings (SSSR count). The number of carbonyl (C=O) groups is 1. The van der Waals surface area contributed by atoms with Gasteiger partial charge in [-0.15, -0.1) is 0 Å². The first-order valence-corrected chi connectivity index (χ1v) is 13.6. The van der Waals surface area contributed by atoms with E-state index in [4.69, 9.17) is 9.15 Å². The number of Topliss-reactive ketones (excluding diaryl/α,β-unsaturated/α-hetero) is 1. The first-order valence-electron chi connectivity index (χ1n) is 13.6. The lowest BCUT2D eigenvalue weighted by atomic mass is 9.44. The Kier molecular flexibility index (Phi) is 5.55. The van der Waals surface area contributed by atoms with Crippen molar-refractivity contribution in [3.63, 3.8) is 0 Å². The van der Waals surface area contributed by atoms with E-state index >= 15 is 0 Å². The summed E-state index contributed by atoms with van der Waals surface area (Å²) in [5.41, 5.74) is 1.06. The van der Waals surface area contributed by atoms with E-state index in [2.05, 4.69) is 11.9 Å². The van der Waals surface area contributed by atoms with Crippen LogP contribution in [0.5, 0.6) is 6.08 Å². The highest BCUT2D eigenvalue weighted by atomic mass is 16.6. The van der Waals surface area contributed by atoms with Crippen molar-refractivity contribution in [2.45, 2.75) is 83.7 Å². The Bertz CT molecular complexity index is 1030. The van der Waals surface area contributed by atoms with Crippen molar-refractivity contribution >= 4 is 16.9 Å². The van der Waals surface area contributed by atoms with Gasteiger partial charge in [-0.25, -0.2) is 0 Å². The predicted octanol–water partition coefficient (Wildman–Crippen LogP) is 6.19. The van der Waals surface area contributed by atoms with Gasteiger partial charge in [0.2, 0.25) is 0 Å². The zero-order valence-electron chi connectivity index (χ0n) is 20.7. The number of aliphatic hydroxyl groups is 1. The summed E-state index contributed by atoms with van der Waals surface area (Å²) < 4.78 is 11.4. The van der Waals surface area contributed by atoms with Gasteiger partial charge in [-0.3, -0.25) is 4.79 Å². The molecular weight excluding hydrogens is 426 g/mol. The molecule has 1 heterocycles. The Balaban J connectivity index is 1.15. The number of para-hydroxylation sites is 2. The maximum Gasteiger partial charge on any atom is 0.395 e. The Labute approximate surface area is 202 Å². The van der Waals surface area contributed by atoms with Gasteiger partial charge in [0.15, 0.2) is 18.0 Å². The highest BCUT2D eigenvalue weighted by molar-refractivity contribution is 5.83. The van der Waals surface area contributed by atoms with Crippen molar-refractivity contribution in [2.75, 3.05) is 6.61 Å². The monoisotopic (exact) mass is 465 g/mol. The fourth-order valence-electron chi connectivity index (χ4n) is 8.95. The number of oxazole rings is 1. The summed E-state index contributed by atoms with van der Waals surface area (Å²) in [4.78, 5) is 17.9. The minimum atomic E-state index is -0.464. The molecule has 4 aliphatic rings. The van der Waals surface area contributed by atoms with Gasteiger partial charge >= 0.3 is 6.08 Å². The van der Waals surface area contributed by atoms with Gasteiger partial charge in [0.05, 0.1) is 5.60 Å². The zero-order valence-corrected chi connectivity index (χ0v) is 20.7. The van der Waals surface area contributed by atoms with E-state index in [1.165, 1.54) is 32.1 Å². The molecule has 5 nitrogen and oxygen atoms in total. The summed E-state index contributed by atoms with van der Waals surface area (Å²) in [5, 5.41) is 10.6. The van der Waals surface area contributed by atoms with E-state index in [-0.39, 0.29) is 29.8 Å². The lowest BCUT2D eigenvalue weighted by Gasteiger charge is -2.60. The Morgan fingerprint density at radius 2 is 1.88 bits per heavy atom. The van der Waals surface area contributed by atoms with Gasteiger partial charge in [-0.2, -0.15) is 4.98 Å². The Hall–Kier alpha value is -1.88. The van der Waals surface area contributed by atoms with Crippen LogP contribution < -0.4 is 4.74 Å². The van der Waals surface area contributed by atoms with Gasteiger partial charge in [0.1, 0.15) is 5.52 Å². The van der Waals surface area contributed by atoms with E-state index in [9.17, 15) is 9.90 Å². The number of benzene rings is 1. The number of carbonyl (C=O) groups excluding carboxylic acids is 1. The lowest BCUT2D eigenvalue weighted by Crippen LogP contribution is -2.55. The number of ketones is 1. The summed E-state index contributed by atoms with van der Waals surface area (Å²) in [6.07, 6.45) is 11.6. The Morgan fingerprint density at radius 3 is 2.74 bits per heavy atom. The highest BCUT2D eigenvalue weighted by Gasteiger charge is 2.57. The molecule has 0 amide bonds. The van der Waals surface area contributed by atoms with E-state index in [0.29, 0.717) is 17.4 Å². The van der Waals surface area contributed by atoms with E-state index in [1.807, 2.05) is 31.2 Å². The van der Waals surface area contributed by atoms with E-state index in [0.717, 1.165) is 55.4 Å². The van der Waals surface area contributed by atoms with Crippen LogP contribution in [0.15, 0.2) is 28.7 Å². The highest BCUT2D eigenvalue weighted by Crippen LogP contribution is 2.63. The van der Waals surface area contributed by atoms with Crippen LogP contribution in [0.1, 0.15) is 78.1 Å². The minimum absolute atomic E-state index is 0.0493. The van der Waals surface area contributed by atoms with Gasteiger partial charge in [0, 0.05) is 5.92 Å². The van der Waals surface area contributed by atoms with Gasteiger partial charge in [-0.1, -0.05) is 25.5 Å². The molecule has 184 valence electrons. The topological polar surface area (TPSA) is 72.6 Å². The van der Waals surface area contributed by atoms with Crippen LogP contribution in [0.25, 0.3) is 11.1 Å². The second-order valence-corrected chi connectivity index (χ2v) is 12.4. The number of ether oxygens (including phenoxy) is 1. The fraction of sp³-hybridized carbons (Fsp3) is 0.724. The molecule has 4 fully saturated rings. The first kappa shape index (κ1) is 22.6. The molecule has 1 aromatic carbocycles. The number of fused-ring (bicyclic) bond motifs is 6. The molecule has 1 N–H and O–H groups in total. The molecule has 0 bridgehead atoms. The van der Waals surface area contributed by atoms with E-state index in [1.54, 1.807) is 0 Å². The molecular formula is C29H39NO4. The normalized spacial score (nSPS) is 41.9. The molecule has 34 heavy (non-hydrogen) atoms. The average Bonchev–Trinajstić information content (AvgIpc) is 3.24. The maximum atomic E-state index is 13.5. The number of rotatable bonds is 4. The summed E-state index contributed by atoms with van der Waals surface area (Å²) in [6, 6.07) is 7.58. The third kappa shape index (κ3) is 3.79. The smallest absolute Gasteiger partial charge is 0.395 e. The Morgan fingerprint density at radius 1 is 1.06 bits per heavy atom. The van der Waals surface area contributed by atoms with E-state index < -0.39 is 5.60 Å². The standard InChI is InChI=1S/C29H39NO4/c1-28(32)14-12-19-18(16-28)10-11-21-20(19)13-15-29(2)22(21)6-5-7-23(29)25(31)17-33-27-30-24-8-3-4-9-26(24)34-27/h3-4,8-9,18-23,32H,5-7,10-17H2,1-2H3/t18-,19+,20-,21-,22+,23-,28-,29+/m1/s1. The largest absolute Gasteiger partial charge is 0.442 e. The lowest BCUT2D eigenvalue weighted by molar-refractivity contribution is -0.149. The molecule has 0 aliphatic heterocycles. The van der Waals surface area contributed by atoms with Gasteiger partial charge in [0.25, 0.3) is 0 Å². The van der Waals surface area contributed by atoms with Crippen molar-refractivity contribution in [1.29, 1.82) is 0 Å². The minimum Gasteiger partial charge on any atom is -0.442 e. The van der Waals surface area contributed by atoms with Crippen molar-refractivity contribution in [2.24, 2.45) is 40.9 Å². The molecule has 0 radical (unpaired) electrons. The van der Waals surface area contributed by atoms with Crippen molar-refractivity contribution in [1.82, 2.24) is 4.98 Å². The average molecular weight is 466 g/mol. The number of hydrogen-bond donors (Lipinski definition) is 1. The summed E-state index contributed by atoms with van der Waals surface area (Å²) >= 11 is 0. The fourth-order valence-corrected chi connectivity index (χ4v) is 8.95. The molecule has 0 spiro atoms. The molecule has 0 saturated heterocycles. The van der Waals surface area contributed by atoms with Crippen LogP contribution in [-0.4, -0.2) is 28.1 Å². The van der Waals surface area contributed by atoms with Gasteiger partial charge < -0.3 is 14.3 Å². The third-order valence-corrected chi connectivity index (χ3v) is 10.5. The van der Waals surface area contributed by atoms with Crippen LogP contribution >= 0.6 is 0 Å². The molecule has 1 aromatic heterocycles. The molecule has 2 aromatic rings. The molecule has 5 heteroatoms. The summed E-state index contributed by atoms with van der Waals surface area (Å²) in [7, 11) is 0. The summed E-state index contributed by atoms with van der Waals surface area (Å²) in [5.74, 6) is 3.94. The van der Waals surface area contributed by atoms with Crippen LogP contribution in [0.3, 0.4) is 0 Å². The molecule has 0 unspecified atom stereocenters. The van der Waals surface area contributed by atoms with Gasteiger partial charge in [-0.05, 0) is 112 Å². The van der Waals surface area contributed by atoms with Crippen LogP contribution in [-0.2, 0) is 4.79 Å². The first-order chi connectivity index (χ1) is 16.3. The SMILES string of the molecule is C[C@@]1(O)CC[C@H]2[C@H](CC[C@@H]3[C@@H]2CC[C@]2(C)[C@@H](C(=O)COc4nc5ccccc5o4)CCC[C@@H]32)C1. The summed E-state index contributed by atoms with van der Waals surface area (Å²) in [6.45, 7) is 4.49. The number of hydrogen-bond acceptors (Lipinski definition) is 5. The predicted molar refractivity (Wildman–Crippen MR) is 130 cm³/mol. The second kappa shape index (κ2) is 8.36. The third-order valence-electron chi connectivity index (χ3n) is 10.5. The second-order valence-electron chi connectivity index (χ2n) is 12.4. The maximum absolute atomic E-state index is 13.5. The molecule has 8 atom stereocenters. The van der Waals surface area contributed by atoms with Crippen molar-refractivity contribution in [3.8, 4) is 6.08 Å². The van der Waals surface area contributed by atoms with Crippen molar-refractivity contribution in [3.05, 3.63) is 24.3 Å². The van der Waals surface area contributed by atoms with Crippen molar-refractivity contribution < 1.29 is 19.1 Å². The zero-order chi connectivity index (χ0) is 23.5. The number of aromatic nitrogens is 1.